The van der Waals surface area contributed by atoms with Gasteiger partial charge in [0.25, 0.3) is 0 Å². The highest BCUT2D eigenvalue weighted by Crippen LogP contribution is 2.32. The van der Waals surface area contributed by atoms with Crippen molar-refractivity contribution in [3.05, 3.63) is 42.1 Å². The molecule has 1 aliphatic heterocycles. The highest BCUT2D eigenvalue weighted by Gasteiger charge is 2.26. The number of nitrogens with zero attached hydrogens (tertiary/aromatic N) is 2. The molecule has 1 saturated heterocycles. The number of benzene rings is 1. The van der Waals surface area contributed by atoms with E-state index in [0.717, 1.165) is 31.6 Å². The van der Waals surface area contributed by atoms with Crippen LogP contribution < -0.4 is 15.0 Å². The maximum atomic E-state index is 11.9. The quantitative estimate of drug-likeness (QED) is 0.830. The number of nitrogens with one attached hydrogen (secondary N) is 1. The molecule has 1 aromatic carbocycles. The van der Waals surface area contributed by atoms with Crippen molar-refractivity contribution in [2.24, 2.45) is 0 Å². The molecule has 2 N–H and O–H groups in total. The summed E-state index contributed by atoms with van der Waals surface area (Å²) in [6.07, 6.45) is 0.945. The van der Waals surface area contributed by atoms with Crippen LogP contribution in [0, 0.1) is 0 Å². The van der Waals surface area contributed by atoms with E-state index in [-0.39, 0.29) is 11.7 Å². The van der Waals surface area contributed by atoms with Crippen molar-refractivity contribution in [3.8, 4) is 17.0 Å². The number of aromatic nitrogens is 1. The van der Waals surface area contributed by atoms with Crippen molar-refractivity contribution in [2.45, 2.75) is 26.3 Å². The predicted octanol–water partition coefficient (Wildman–Crippen LogP) is 3.03. The standard InChI is InChI=1S/C20H25N3O3/c1-3-14-13-21-11-12-23(14)17-10-9-16(22-19(17)20(24)25)15-7-5-6-8-18(15)26-4-2/h5-10,14,21H,3-4,11-13H2,1-2H3,(H,24,25)/t14-/m1/s1. The smallest absolute Gasteiger partial charge is 0.356 e. The molecule has 0 radical (unpaired) electrons. The van der Waals surface area contributed by atoms with Crippen LogP contribution in [0.4, 0.5) is 5.69 Å². The summed E-state index contributed by atoms with van der Waals surface area (Å²) in [5.41, 5.74) is 2.19. The van der Waals surface area contributed by atoms with Crippen LogP contribution in [0.15, 0.2) is 36.4 Å². The van der Waals surface area contributed by atoms with Gasteiger partial charge in [0, 0.05) is 31.2 Å². The summed E-state index contributed by atoms with van der Waals surface area (Å²) >= 11 is 0. The Bertz CT molecular complexity index is 779. The fraction of sp³-hybridized carbons (Fsp3) is 0.400. The first kappa shape index (κ1) is 18.2. The zero-order valence-corrected chi connectivity index (χ0v) is 15.2. The van der Waals surface area contributed by atoms with E-state index in [0.29, 0.717) is 23.7 Å². The highest BCUT2D eigenvalue weighted by atomic mass is 16.5. The number of rotatable bonds is 6. The lowest BCUT2D eigenvalue weighted by atomic mass is 10.1. The Labute approximate surface area is 153 Å². The molecule has 2 aromatic rings. The van der Waals surface area contributed by atoms with Gasteiger partial charge in [0.15, 0.2) is 5.69 Å². The lowest BCUT2D eigenvalue weighted by Crippen LogP contribution is -2.51. The molecule has 0 aliphatic carbocycles. The minimum atomic E-state index is -1.01. The number of anilines is 1. The molecule has 1 atom stereocenters. The van der Waals surface area contributed by atoms with E-state index < -0.39 is 5.97 Å². The minimum absolute atomic E-state index is 0.0918. The van der Waals surface area contributed by atoms with E-state index >= 15 is 0 Å². The second-order valence-corrected chi connectivity index (χ2v) is 6.26. The Hall–Kier alpha value is -2.60. The largest absolute Gasteiger partial charge is 0.493 e. The van der Waals surface area contributed by atoms with Crippen molar-refractivity contribution < 1.29 is 14.6 Å². The fourth-order valence-corrected chi connectivity index (χ4v) is 3.39. The summed E-state index contributed by atoms with van der Waals surface area (Å²) in [6, 6.07) is 11.6. The van der Waals surface area contributed by atoms with Crippen LogP contribution in [-0.2, 0) is 0 Å². The lowest BCUT2D eigenvalue weighted by molar-refractivity contribution is 0.0691. The number of carboxylic acid groups (broad SMARTS) is 1. The summed E-state index contributed by atoms with van der Waals surface area (Å²) in [5, 5.41) is 13.1. The monoisotopic (exact) mass is 355 g/mol. The van der Waals surface area contributed by atoms with Crippen molar-refractivity contribution in [3.63, 3.8) is 0 Å². The van der Waals surface area contributed by atoms with E-state index in [1.165, 1.54) is 0 Å². The van der Waals surface area contributed by atoms with Gasteiger partial charge in [-0.2, -0.15) is 0 Å². The van der Waals surface area contributed by atoms with Crippen molar-refractivity contribution in [1.82, 2.24) is 10.3 Å². The lowest BCUT2D eigenvalue weighted by Gasteiger charge is -2.38. The van der Waals surface area contributed by atoms with E-state index in [2.05, 4.69) is 22.1 Å². The molecule has 0 saturated carbocycles. The van der Waals surface area contributed by atoms with E-state index in [1.54, 1.807) is 0 Å². The van der Waals surface area contributed by atoms with E-state index in [1.807, 2.05) is 43.3 Å². The molecule has 0 spiro atoms. The molecular weight excluding hydrogens is 330 g/mol. The fourth-order valence-electron chi connectivity index (χ4n) is 3.39. The van der Waals surface area contributed by atoms with Gasteiger partial charge in [-0.05, 0) is 37.6 Å². The van der Waals surface area contributed by atoms with E-state index in [9.17, 15) is 9.90 Å². The van der Waals surface area contributed by atoms with Crippen LogP contribution in [-0.4, -0.2) is 48.3 Å². The number of para-hydroxylation sites is 1. The molecule has 26 heavy (non-hydrogen) atoms. The van der Waals surface area contributed by atoms with Gasteiger partial charge < -0.3 is 20.1 Å². The van der Waals surface area contributed by atoms with Gasteiger partial charge in [-0.3, -0.25) is 0 Å². The molecule has 1 fully saturated rings. The Morgan fingerprint density at radius 2 is 2.12 bits per heavy atom. The summed E-state index contributed by atoms with van der Waals surface area (Å²) < 4.78 is 5.67. The zero-order chi connectivity index (χ0) is 18.5. The molecule has 0 bridgehead atoms. The molecule has 1 aliphatic rings. The molecule has 6 heteroatoms. The van der Waals surface area contributed by atoms with Crippen LogP contribution in [0.2, 0.25) is 0 Å². The average molecular weight is 355 g/mol. The number of hydrogen-bond acceptors (Lipinski definition) is 5. The van der Waals surface area contributed by atoms with Gasteiger partial charge in [0.1, 0.15) is 5.75 Å². The van der Waals surface area contributed by atoms with E-state index in [4.69, 9.17) is 4.74 Å². The zero-order valence-electron chi connectivity index (χ0n) is 15.2. The number of hydrogen-bond donors (Lipinski definition) is 2. The third kappa shape index (κ3) is 3.65. The molecule has 3 rings (SSSR count). The van der Waals surface area contributed by atoms with Gasteiger partial charge in [-0.1, -0.05) is 19.1 Å². The Morgan fingerprint density at radius 3 is 2.85 bits per heavy atom. The molecule has 1 aromatic heterocycles. The Morgan fingerprint density at radius 1 is 1.31 bits per heavy atom. The third-order valence-corrected chi connectivity index (χ3v) is 4.67. The molecule has 2 heterocycles. The second kappa shape index (κ2) is 8.19. The normalized spacial score (nSPS) is 17.2. The highest BCUT2D eigenvalue weighted by molar-refractivity contribution is 5.93. The molecule has 138 valence electrons. The van der Waals surface area contributed by atoms with Gasteiger partial charge in [-0.25, -0.2) is 9.78 Å². The first-order valence-corrected chi connectivity index (χ1v) is 9.09. The number of carbonyl (C=O) groups is 1. The van der Waals surface area contributed by atoms with Crippen molar-refractivity contribution >= 4 is 11.7 Å². The number of pyridine rings is 1. The van der Waals surface area contributed by atoms with Gasteiger partial charge in [0.2, 0.25) is 0 Å². The van der Waals surface area contributed by atoms with Gasteiger partial charge >= 0.3 is 5.97 Å². The average Bonchev–Trinajstić information content (AvgIpc) is 2.68. The van der Waals surface area contributed by atoms with Crippen LogP contribution in [0.3, 0.4) is 0 Å². The van der Waals surface area contributed by atoms with Gasteiger partial charge in [-0.15, -0.1) is 0 Å². The first-order valence-electron chi connectivity index (χ1n) is 9.09. The molecular formula is C20H25N3O3. The number of ether oxygens (including phenoxy) is 1. The summed E-state index contributed by atoms with van der Waals surface area (Å²) in [6.45, 7) is 7.04. The third-order valence-electron chi connectivity index (χ3n) is 4.67. The number of piperazine rings is 1. The van der Waals surface area contributed by atoms with Crippen molar-refractivity contribution in [2.75, 3.05) is 31.1 Å². The van der Waals surface area contributed by atoms with Crippen LogP contribution >= 0.6 is 0 Å². The SMILES string of the molecule is CCOc1ccccc1-c1ccc(N2CCNC[C@H]2CC)c(C(=O)O)n1. The predicted molar refractivity (Wildman–Crippen MR) is 102 cm³/mol. The van der Waals surface area contributed by atoms with Crippen molar-refractivity contribution in [1.29, 1.82) is 0 Å². The maximum Gasteiger partial charge on any atom is 0.356 e. The molecule has 6 nitrogen and oxygen atoms in total. The topological polar surface area (TPSA) is 74.7 Å². The second-order valence-electron chi connectivity index (χ2n) is 6.26. The Balaban J connectivity index is 2.04. The minimum Gasteiger partial charge on any atom is -0.493 e. The van der Waals surface area contributed by atoms with Crippen LogP contribution in [0.1, 0.15) is 30.8 Å². The van der Waals surface area contributed by atoms with Gasteiger partial charge in [0.05, 0.1) is 18.0 Å². The number of carboxylic acids is 1. The maximum absolute atomic E-state index is 11.9. The molecule has 0 unspecified atom stereocenters. The summed E-state index contributed by atoms with van der Waals surface area (Å²) in [7, 11) is 0. The Kier molecular flexibility index (Phi) is 5.73. The summed E-state index contributed by atoms with van der Waals surface area (Å²) in [5.74, 6) is -0.302. The molecule has 0 amide bonds. The first-order chi connectivity index (χ1) is 12.7. The summed E-state index contributed by atoms with van der Waals surface area (Å²) in [4.78, 5) is 18.6. The van der Waals surface area contributed by atoms with Crippen LogP contribution in [0.25, 0.3) is 11.3 Å². The van der Waals surface area contributed by atoms with Crippen LogP contribution in [0.5, 0.6) is 5.75 Å². The number of aromatic carboxylic acids is 1.